The summed E-state index contributed by atoms with van der Waals surface area (Å²) in [5.41, 5.74) is 5.17. The van der Waals surface area contributed by atoms with Gasteiger partial charge in [-0.15, -0.1) is 0 Å². The molecule has 2 saturated heterocycles. The number of aliphatic imine (C=N–C) groups is 1. The highest BCUT2D eigenvalue weighted by Gasteiger charge is 2.55. The van der Waals surface area contributed by atoms with E-state index in [-0.39, 0.29) is 48.5 Å². The first-order valence-electron chi connectivity index (χ1n) is 39.2. The first-order chi connectivity index (χ1) is 57.8. The van der Waals surface area contributed by atoms with Crippen LogP contribution < -0.4 is 10.9 Å². The van der Waals surface area contributed by atoms with Crippen LogP contribution in [0.3, 0.4) is 0 Å². The second kappa shape index (κ2) is 37.6. The molecule has 0 radical (unpaired) electrons. The standard InChI is InChI=1S/C18H17F3N2O2.C17H16F3N3O2.C17H15F3N2O2.C15H17FO2.C10H15BF2N2O2.C10H16BNO2/c1-11-14(4-3-5-15(11)19)18(16(24)25-2)7-6-12(8-18)13-9-22-23(10-13)17(20)21;1-10-13(3-2-4-14(10)18)17(15(24)22-25)6-5-11(7-17)12-8-21-23(9-12)16(19)20;1-10-13(3-2-4-14(10)18)17(15(23)24)6-5-11(7-17)12-8-21-22(9-12)16(19)20;1-10-7-8-15(9-10,14(17)18-3)12-5-4-6-13(16)11(12)2;1-9(2)10(3,4)17-11(16-9)7-5-14-15(6-7)8(12)13;1-9(2)10(3,4)14-11(13-9)8-5-6-12-7-8/h3-5,8-10,17H,6-7H2,1-2H3;2-4,7-9,16,25H,5-6H2,1H3,(H,22,24);2-4,7-9,16H,5-6H2,1H3,(H,23,24);4-6,9H,7-8H2,1-3H3;5-6,8H,1-4H3;5,7H,6H2,1-4H3/t18-;2*17-;15-;;/m0000../s1. The van der Waals surface area contributed by atoms with E-state index < -0.39 is 101 Å². The van der Waals surface area contributed by atoms with Crippen LogP contribution in [0.4, 0.5) is 52.7 Å². The van der Waals surface area contributed by atoms with Gasteiger partial charge in [-0.05, 0) is 232 Å². The molecule has 7 heterocycles. The Balaban J connectivity index is 0.000000156. The minimum absolute atomic E-state index is 0.238. The van der Waals surface area contributed by atoms with Gasteiger partial charge in [0.15, 0.2) is 0 Å². The summed E-state index contributed by atoms with van der Waals surface area (Å²) in [6.07, 6.45) is 24.4. The lowest BCUT2D eigenvalue weighted by atomic mass is 9.77. The summed E-state index contributed by atoms with van der Waals surface area (Å²) in [6, 6.07) is 18.2. The lowest BCUT2D eigenvalue weighted by Gasteiger charge is -2.32. The van der Waals surface area contributed by atoms with Crippen molar-refractivity contribution in [3.8, 4) is 0 Å². The summed E-state index contributed by atoms with van der Waals surface area (Å²) < 4.78 is 192. The molecule has 4 aromatic heterocycles. The topological polar surface area (TPSA) is 260 Å². The quantitative estimate of drug-likeness (QED) is 0.0191. The zero-order valence-corrected chi connectivity index (χ0v) is 70.4. The number of carbonyl (C=O) groups is 4. The Morgan fingerprint density at radius 3 is 1.09 bits per heavy atom. The van der Waals surface area contributed by atoms with Crippen LogP contribution in [0.5, 0.6) is 0 Å². The van der Waals surface area contributed by atoms with Crippen LogP contribution in [0, 0.1) is 51.0 Å². The number of carbonyl (C=O) groups excluding carboxylic acids is 3. The summed E-state index contributed by atoms with van der Waals surface area (Å²) >= 11 is 0. The van der Waals surface area contributed by atoms with Gasteiger partial charge in [-0.1, -0.05) is 84.5 Å². The number of allylic oxidation sites excluding steroid dienone is 5. The first-order valence-corrected chi connectivity index (χ1v) is 39.2. The van der Waals surface area contributed by atoms with Crippen LogP contribution in [-0.2, 0) is 68.9 Å². The average Bonchev–Trinajstić information content (AvgIpc) is 1.57. The number of aromatic nitrogens is 8. The number of alkyl halides is 8. The number of rotatable bonds is 17. The fourth-order valence-electron chi connectivity index (χ4n) is 15.7. The Labute approximate surface area is 703 Å². The van der Waals surface area contributed by atoms with Crippen LogP contribution >= 0.6 is 0 Å². The highest BCUT2D eigenvalue weighted by Crippen LogP contribution is 2.50. The summed E-state index contributed by atoms with van der Waals surface area (Å²) in [4.78, 5) is 53.2. The van der Waals surface area contributed by atoms with E-state index >= 15 is 0 Å². The number of nitrogens with zero attached hydrogens (tertiary/aromatic N) is 9. The van der Waals surface area contributed by atoms with Crippen LogP contribution in [0.1, 0.15) is 201 Å². The van der Waals surface area contributed by atoms with Crippen molar-refractivity contribution in [3.05, 3.63) is 248 Å². The third kappa shape index (κ3) is 19.5. The van der Waals surface area contributed by atoms with E-state index in [1.807, 2.05) is 59.1 Å². The molecular weight excluding hydrogens is 1630 g/mol. The molecule has 0 unspecified atom stereocenters. The molecule has 36 heteroatoms. The third-order valence-corrected chi connectivity index (χ3v) is 24.1. The van der Waals surface area contributed by atoms with Gasteiger partial charge in [-0.25, -0.2) is 41.8 Å². The summed E-state index contributed by atoms with van der Waals surface area (Å²) in [6.45, 7) is 14.1. The number of carboxylic acid groups (broad SMARTS) is 1. The normalized spacial score (nSPS) is 21.8. The molecular formula is C87H96B2F12N10O12. The fraction of sp³-hybridized carbons (Fsp3) is 0.414. The van der Waals surface area contributed by atoms with Crippen LogP contribution in [0.2, 0.25) is 0 Å². The number of esters is 2. The minimum Gasteiger partial charge on any atom is -0.480 e. The number of halogens is 12. The van der Waals surface area contributed by atoms with Crippen molar-refractivity contribution >= 4 is 66.4 Å². The van der Waals surface area contributed by atoms with Crippen LogP contribution in [0.15, 0.2) is 169 Å². The molecule has 0 saturated carbocycles. The van der Waals surface area contributed by atoms with E-state index in [4.69, 9.17) is 28.1 Å². The maximum absolute atomic E-state index is 14.0. The lowest BCUT2D eigenvalue weighted by Crippen LogP contribution is -2.41. The van der Waals surface area contributed by atoms with E-state index in [1.54, 1.807) is 68.7 Å². The number of ether oxygens (including phenoxy) is 2. The highest BCUT2D eigenvalue weighted by atomic mass is 19.3. The molecule has 22 nitrogen and oxygen atoms in total. The van der Waals surface area contributed by atoms with Crippen molar-refractivity contribution in [3.63, 3.8) is 0 Å². The second-order valence-corrected chi connectivity index (χ2v) is 32.6. The number of hydroxylamine groups is 1. The largest absolute Gasteiger partial charge is 0.498 e. The number of hydrogen-bond acceptors (Lipinski definition) is 16. The zero-order valence-electron chi connectivity index (χ0n) is 70.4. The van der Waals surface area contributed by atoms with Crippen LogP contribution in [-0.4, -0.2) is 137 Å². The molecule has 4 aromatic carbocycles. The number of hydrogen-bond donors (Lipinski definition) is 3. The predicted molar refractivity (Wildman–Crippen MR) is 435 cm³/mol. The van der Waals surface area contributed by atoms with Gasteiger partial charge >= 0.3 is 58.3 Å². The highest BCUT2D eigenvalue weighted by molar-refractivity contribution is 6.62. The molecule has 4 aliphatic carbocycles. The lowest BCUT2D eigenvalue weighted by molar-refractivity contribution is -0.146. The molecule has 7 aliphatic rings. The molecule has 3 aliphatic heterocycles. The number of nitrogens with one attached hydrogen (secondary N) is 1. The van der Waals surface area contributed by atoms with E-state index in [0.717, 1.165) is 24.0 Å². The molecule has 4 atom stereocenters. The van der Waals surface area contributed by atoms with Crippen molar-refractivity contribution in [1.82, 2.24) is 44.6 Å². The monoisotopic (exact) mass is 1720 g/mol. The maximum Gasteiger partial charge on any atom is 0.498 e. The van der Waals surface area contributed by atoms with Crippen LogP contribution in [0.25, 0.3) is 16.7 Å². The van der Waals surface area contributed by atoms with Gasteiger partial charge in [0.1, 0.15) is 39.5 Å². The van der Waals surface area contributed by atoms with Gasteiger partial charge in [-0.2, -0.15) is 55.5 Å². The molecule has 8 aromatic rings. The Morgan fingerprint density at radius 2 is 0.764 bits per heavy atom. The van der Waals surface area contributed by atoms with Crippen molar-refractivity contribution in [2.24, 2.45) is 4.99 Å². The average molecular weight is 1720 g/mol. The van der Waals surface area contributed by atoms with E-state index in [0.29, 0.717) is 129 Å². The Kier molecular flexibility index (Phi) is 28.9. The van der Waals surface area contributed by atoms with Crippen molar-refractivity contribution in [1.29, 1.82) is 0 Å². The summed E-state index contributed by atoms with van der Waals surface area (Å²) in [5.74, 6) is -4.23. The van der Waals surface area contributed by atoms with Gasteiger partial charge in [0.25, 0.3) is 5.91 Å². The first kappa shape index (κ1) is 94.3. The summed E-state index contributed by atoms with van der Waals surface area (Å²) in [5, 5.41) is 33.3. The molecule has 3 N–H and O–H groups in total. The maximum atomic E-state index is 14.0. The smallest absolute Gasteiger partial charge is 0.480 e. The molecule has 0 spiro atoms. The Morgan fingerprint density at radius 1 is 0.447 bits per heavy atom. The van der Waals surface area contributed by atoms with E-state index in [9.17, 15) is 82.2 Å². The number of carboxylic acids is 1. The fourth-order valence-corrected chi connectivity index (χ4v) is 15.7. The molecule has 656 valence electrons. The Hall–Kier alpha value is -10.9. The van der Waals surface area contributed by atoms with Gasteiger partial charge in [-0.3, -0.25) is 29.4 Å². The van der Waals surface area contributed by atoms with Gasteiger partial charge < -0.3 is 33.2 Å². The van der Waals surface area contributed by atoms with Gasteiger partial charge in [0.2, 0.25) is 0 Å². The molecule has 1 amide bonds. The molecule has 2 fully saturated rings. The third-order valence-electron chi connectivity index (χ3n) is 24.1. The second-order valence-electron chi connectivity index (χ2n) is 32.6. The van der Waals surface area contributed by atoms with Crippen molar-refractivity contribution in [2.75, 3.05) is 20.8 Å². The number of benzene rings is 4. The zero-order chi connectivity index (χ0) is 90.4. The van der Waals surface area contributed by atoms with Crippen molar-refractivity contribution in [2.45, 2.75) is 212 Å². The number of amides is 1. The molecule has 0 bridgehead atoms. The molecule has 15 rings (SSSR count). The van der Waals surface area contributed by atoms with Crippen molar-refractivity contribution < 1.29 is 110 Å². The Bertz CT molecular complexity index is 5250. The molecule has 123 heavy (non-hydrogen) atoms. The number of aliphatic carboxylic acids is 1. The minimum atomic E-state index is -2.76. The summed E-state index contributed by atoms with van der Waals surface area (Å²) in [7, 11) is 1.76. The van der Waals surface area contributed by atoms with E-state index in [2.05, 4.69) is 53.1 Å². The van der Waals surface area contributed by atoms with E-state index in [1.165, 1.54) is 113 Å². The number of methoxy groups -OCH3 is 2. The predicted octanol–water partition coefficient (Wildman–Crippen LogP) is 17.8. The van der Waals surface area contributed by atoms with Gasteiger partial charge in [0.05, 0.1) is 67.2 Å². The SMILES string of the molecule is CC1(C)OB(C2=CCN=C2)OC1(C)C.CC1(C)OB(c2cnn(C(F)F)c2)OC1(C)C.COC(=O)[C@]1(c2cccc(F)c2C)C=C(C)CC1.COC(=O)[C@]1(c2cccc(F)c2C)C=C(c2cnn(C(F)F)c2)CC1.Cc1c(F)cccc1[C@@]1(C(=O)NO)C=C(c2cnn(C(F)F)c2)CC1.Cc1c(F)cccc1[C@@]1(C(=O)O)C=C(c2cnn(C(F)F)c2)CC1. The van der Waals surface area contributed by atoms with Gasteiger partial charge in [0, 0.05) is 59.4 Å².